The number of hydrogen-bond donors (Lipinski definition) is 2. The van der Waals surface area contributed by atoms with Gasteiger partial charge < -0.3 is 15.5 Å². The zero-order valence-corrected chi connectivity index (χ0v) is 19.7. The number of amides is 2. The van der Waals surface area contributed by atoms with Crippen LogP contribution in [0.25, 0.3) is 0 Å². The maximum Gasteiger partial charge on any atom is 0.253 e. The van der Waals surface area contributed by atoms with E-state index in [0.717, 1.165) is 56.4 Å². The highest BCUT2D eigenvalue weighted by Gasteiger charge is 2.23. The molecule has 0 spiro atoms. The van der Waals surface area contributed by atoms with Crippen molar-refractivity contribution in [3.05, 3.63) is 59.7 Å². The zero-order valence-electron chi connectivity index (χ0n) is 19.7. The molecule has 0 aliphatic carbocycles. The van der Waals surface area contributed by atoms with E-state index in [0.29, 0.717) is 23.6 Å². The Hall–Kier alpha value is -2.82. The molecule has 1 saturated heterocycles. The van der Waals surface area contributed by atoms with Crippen molar-refractivity contribution in [2.45, 2.75) is 65.3 Å². The summed E-state index contributed by atoms with van der Waals surface area (Å²) in [5.41, 5.74) is 3.31. The predicted octanol–water partition coefficient (Wildman–Crippen LogP) is 5.93. The molecule has 0 aromatic heterocycles. The molecule has 0 radical (unpaired) electrons. The van der Waals surface area contributed by atoms with Crippen LogP contribution < -0.4 is 15.5 Å². The molecule has 0 unspecified atom stereocenters. The van der Waals surface area contributed by atoms with Crippen LogP contribution >= 0.6 is 0 Å². The number of anilines is 2. The van der Waals surface area contributed by atoms with Crippen LogP contribution in [0.15, 0.2) is 48.5 Å². The molecule has 1 fully saturated rings. The molecular weight excluding hydrogens is 398 g/mol. The summed E-state index contributed by atoms with van der Waals surface area (Å²) in [4.78, 5) is 28.0. The van der Waals surface area contributed by atoms with Crippen LogP contribution in [0.5, 0.6) is 0 Å². The van der Waals surface area contributed by atoms with E-state index in [4.69, 9.17) is 0 Å². The number of hydrogen-bond acceptors (Lipinski definition) is 3. The van der Waals surface area contributed by atoms with Crippen LogP contribution in [0.4, 0.5) is 11.4 Å². The minimum Gasteiger partial charge on any atom is -0.371 e. The standard InChI is InChI=1S/C27H37N3O2/c1-4-5-7-12-26(31)29-23-13-14-25(30-17-15-20(2)16-18-30)24(19-23)27(32)28-21(3)22-10-8-6-9-11-22/h6,8-11,13-14,19-21H,4-5,7,12,15-18H2,1-3H3,(H,28,32)(H,29,31)/t21-/m0/s1. The minimum absolute atomic E-state index is 0.00186. The fourth-order valence-electron chi connectivity index (χ4n) is 4.18. The Bertz CT molecular complexity index is 889. The summed E-state index contributed by atoms with van der Waals surface area (Å²) in [7, 11) is 0. The monoisotopic (exact) mass is 435 g/mol. The molecule has 1 aliphatic rings. The second-order valence-electron chi connectivity index (χ2n) is 9.01. The van der Waals surface area contributed by atoms with Crippen LogP contribution in [-0.2, 0) is 4.79 Å². The number of benzene rings is 2. The van der Waals surface area contributed by atoms with E-state index in [1.165, 1.54) is 0 Å². The van der Waals surface area contributed by atoms with Crippen molar-refractivity contribution >= 4 is 23.2 Å². The predicted molar refractivity (Wildman–Crippen MR) is 132 cm³/mol. The van der Waals surface area contributed by atoms with Gasteiger partial charge in [-0.05, 0) is 55.9 Å². The fraction of sp³-hybridized carbons (Fsp3) is 0.481. The first-order valence-corrected chi connectivity index (χ1v) is 12.0. The highest BCUT2D eigenvalue weighted by molar-refractivity contribution is 6.02. The van der Waals surface area contributed by atoms with E-state index < -0.39 is 0 Å². The molecule has 1 heterocycles. The summed E-state index contributed by atoms with van der Waals surface area (Å²) in [5, 5.41) is 6.13. The van der Waals surface area contributed by atoms with E-state index in [-0.39, 0.29) is 17.9 Å². The van der Waals surface area contributed by atoms with Crippen LogP contribution in [0.2, 0.25) is 0 Å². The van der Waals surface area contributed by atoms with Crippen molar-refractivity contribution in [3.8, 4) is 0 Å². The fourth-order valence-corrected chi connectivity index (χ4v) is 4.18. The number of rotatable bonds is 9. The van der Waals surface area contributed by atoms with Crippen molar-refractivity contribution in [1.29, 1.82) is 0 Å². The Kier molecular flexibility index (Phi) is 8.72. The van der Waals surface area contributed by atoms with Crippen molar-refractivity contribution in [3.63, 3.8) is 0 Å². The van der Waals surface area contributed by atoms with Gasteiger partial charge in [-0.3, -0.25) is 9.59 Å². The van der Waals surface area contributed by atoms with Gasteiger partial charge in [0.25, 0.3) is 5.91 Å². The van der Waals surface area contributed by atoms with Crippen molar-refractivity contribution < 1.29 is 9.59 Å². The summed E-state index contributed by atoms with van der Waals surface area (Å²) in [5.74, 6) is 0.599. The molecular formula is C27H37N3O2. The molecule has 2 aromatic rings. The summed E-state index contributed by atoms with van der Waals surface area (Å²) in [6.45, 7) is 8.29. The van der Waals surface area contributed by atoms with Crippen molar-refractivity contribution in [2.75, 3.05) is 23.3 Å². The molecule has 1 aliphatic heterocycles. The third-order valence-electron chi connectivity index (χ3n) is 6.30. The molecule has 0 bridgehead atoms. The summed E-state index contributed by atoms with van der Waals surface area (Å²) < 4.78 is 0. The molecule has 5 heteroatoms. The molecule has 0 saturated carbocycles. The Labute approximate surface area is 192 Å². The Balaban J connectivity index is 1.80. The molecule has 1 atom stereocenters. The Morgan fingerprint density at radius 2 is 1.78 bits per heavy atom. The summed E-state index contributed by atoms with van der Waals surface area (Å²) >= 11 is 0. The van der Waals surface area contributed by atoms with Gasteiger partial charge in [0, 0.05) is 30.9 Å². The normalized spacial score (nSPS) is 15.3. The number of nitrogens with zero attached hydrogens (tertiary/aromatic N) is 1. The van der Waals surface area contributed by atoms with Crippen molar-refractivity contribution in [1.82, 2.24) is 5.32 Å². The van der Waals surface area contributed by atoms with Crippen LogP contribution in [-0.4, -0.2) is 24.9 Å². The number of carbonyl (C=O) groups is 2. The van der Waals surface area contributed by atoms with Gasteiger partial charge in [0.05, 0.1) is 11.6 Å². The molecule has 2 N–H and O–H groups in total. The van der Waals surface area contributed by atoms with E-state index in [1.807, 2.05) is 55.5 Å². The second-order valence-corrected chi connectivity index (χ2v) is 9.01. The lowest BCUT2D eigenvalue weighted by Gasteiger charge is -2.33. The first-order chi connectivity index (χ1) is 15.5. The average Bonchev–Trinajstić information content (AvgIpc) is 2.80. The number of carbonyl (C=O) groups excluding carboxylic acids is 2. The highest BCUT2D eigenvalue weighted by Crippen LogP contribution is 2.29. The average molecular weight is 436 g/mol. The van der Waals surface area contributed by atoms with E-state index in [2.05, 4.69) is 29.4 Å². The molecule has 172 valence electrons. The third-order valence-corrected chi connectivity index (χ3v) is 6.30. The summed E-state index contributed by atoms with van der Waals surface area (Å²) in [6.07, 6.45) is 5.76. The van der Waals surface area contributed by atoms with Crippen LogP contribution in [0, 0.1) is 5.92 Å². The lowest BCUT2D eigenvalue weighted by molar-refractivity contribution is -0.116. The smallest absolute Gasteiger partial charge is 0.253 e. The minimum atomic E-state index is -0.114. The van der Waals surface area contributed by atoms with Crippen molar-refractivity contribution in [2.24, 2.45) is 5.92 Å². The first-order valence-electron chi connectivity index (χ1n) is 12.0. The van der Waals surface area contributed by atoms with Crippen LogP contribution in [0.1, 0.15) is 81.3 Å². The number of unbranched alkanes of at least 4 members (excludes halogenated alkanes) is 2. The van der Waals surface area contributed by atoms with E-state index in [1.54, 1.807) is 0 Å². The third kappa shape index (κ3) is 6.59. The van der Waals surface area contributed by atoms with Gasteiger partial charge in [0.2, 0.25) is 5.91 Å². The van der Waals surface area contributed by atoms with Gasteiger partial charge in [0.15, 0.2) is 0 Å². The van der Waals surface area contributed by atoms with Gasteiger partial charge in [-0.2, -0.15) is 0 Å². The lowest BCUT2D eigenvalue weighted by Crippen LogP contribution is -2.35. The van der Waals surface area contributed by atoms with E-state index >= 15 is 0 Å². The molecule has 2 amide bonds. The molecule has 2 aromatic carbocycles. The first kappa shape index (κ1) is 23.8. The van der Waals surface area contributed by atoms with Gasteiger partial charge in [-0.1, -0.05) is 57.0 Å². The number of piperidine rings is 1. The van der Waals surface area contributed by atoms with E-state index in [9.17, 15) is 9.59 Å². The summed E-state index contributed by atoms with van der Waals surface area (Å²) in [6, 6.07) is 15.6. The lowest BCUT2D eigenvalue weighted by atomic mass is 9.97. The van der Waals surface area contributed by atoms with Crippen LogP contribution in [0.3, 0.4) is 0 Å². The van der Waals surface area contributed by atoms with Gasteiger partial charge >= 0.3 is 0 Å². The Morgan fingerprint density at radius 3 is 2.47 bits per heavy atom. The number of nitrogens with one attached hydrogen (secondary N) is 2. The SMILES string of the molecule is CCCCCC(=O)Nc1ccc(N2CCC(C)CC2)c(C(=O)N[C@@H](C)c2ccccc2)c1. The Morgan fingerprint density at radius 1 is 1.06 bits per heavy atom. The van der Waals surface area contributed by atoms with Gasteiger partial charge in [-0.25, -0.2) is 0 Å². The van der Waals surface area contributed by atoms with Gasteiger partial charge in [-0.15, -0.1) is 0 Å². The maximum atomic E-state index is 13.4. The molecule has 3 rings (SSSR count). The maximum absolute atomic E-state index is 13.4. The second kappa shape index (κ2) is 11.7. The zero-order chi connectivity index (χ0) is 22.9. The van der Waals surface area contributed by atoms with Gasteiger partial charge in [0.1, 0.15) is 0 Å². The highest BCUT2D eigenvalue weighted by atomic mass is 16.2. The topological polar surface area (TPSA) is 61.4 Å². The largest absolute Gasteiger partial charge is 0.371 e. The quantitative estimate of drug-likeness (QED) is 0.480. The molecule has 5 nitrogen and oxygen atoms in total. The molecule has 32 heavy (non-hydrogen) atoms.